The van der Waals surface area contributed by atoms with Gasteiger partial charge in [-0.25, -0.2) is 0 Å². The summed E-state index contributed by atoms with van der Waals surface area (Å²) in [4.78, 5) is 23.2. The summed E-state index contributed by atoms with van der Waals surface area (Å²) in [6.45, 7) is 8.52. The Morgan fingerprint density at radius 3 is 1.42 bits per heavy atom. The Morgan fingerprint density at radius 1 is 0.692 bits per heavy atom. The average molecular weight is 373 g/mol. The van der Waals surface area contributed by atoms with Crippen LogP contribution in [0.5, 0.6) is 0 Å². The summed E-state index contributed by atoms with van der Waals surface area (Å²) in [5, 5.41) is 9.73. The molecule has 0 aliphatic heterocycles. The second kappa shape index (κ2) is 16.1. The largest absolute Gasteiger partial charge is 0.463 e. The highest BCUT2D eigenvalue weighted by molar-refractivity contribution is 5.69. The van der Waals surface area contributed by atoms with Crippen molar-refractivity contribution >= 4 is 11.9 Å². The maximum atomic E-state index is 11.6. The van der Waals surface area contributed by atoms with Crippen LogP contribution in [-0.2, 0) is 19.1 Å². The molecule has 0 atom stereocenters. The zero-order chi connectivity index (χ0) is 19.8. The quantitative estimate of drug-likeness (QED) is 0.315. The maximum absolute atomic E-state index is 11.6. The summed E-state index contributed by atoms with van der Waals surface area (Å²) in [6.07, 6.45) is 8.07. The molecule has 0 bridgehead atoms. The van der Waals surface area contributed by atoms with E-state index in [-0.39, 0.29) is 25.2 Å². The molecule has 0 aliphatic rings. The first-order valence-corrected chi connectivity index (χ1v) is 10.3. The molecule has 0 spiro atoms. The van der Waals surface area contributed by atoms with Gasteiger partial charge in [0.1, 0.15) is 19.3 Å². The van der Waals surface area contributed by atoms with Crippen molar-refractivity contribution in [2.75, 3.05) is 13.2 Å². The van der Waals surface area contributed by atoms with Gasteiger partial charge in [-0.2, -0.15) is 0 Å². The predicted octanol–water partition coefficient (Wildman–Crippen LogP) is 4.65. The molecular weight excluding hydrogens is 332 g/mol. The molecule has 0 aromatic rings. The number of aliphatic hydroxyl groups is 1. The summed E-state index contributed by atoms with van der Waals surface area (Å²) in [7, 11) is 0. The van der Waals surface area contributed by atoms with Gasteiger partial charge in [-0.15, -0.1) is 0 Å². The molecule has 0 radical (unpaired) electrons. The molecule has 154 valence electrons. The van der Waals surface area contributed by atoms with Crippen molar-refractivity contribution < 1.29 is 24.2 Å². The second-order valence-corrected chi connectivity index (χ2v) is 8.01. The van der Waals surface area contributed by atoms with Gasteiger partial charge in [0.2, 0.25) is 0 Å². The number of carbonyl (C=O) groups is 2. The molecule has 0 saturated heterocycles. The van der Waals surface area contributed by atoms with Crippen LogP contribution in [-0.4, -0.2) is 36.4 Å². The molecule has 0 heterocycles. The summed E-state index contributed by atoms with van der Waals surface area (Å²) in [5.74, 6) is 0.787. The van der Waals surface area contributed by atoms with Crippen LogP contribution in [0.4, 0.5) is 0 Å². The minimum atomic E-state index is -0.954. The Labute approximate surface area is 159 Å². The number of esters is 2. The molecule has 5 nitrogen and oxygen atoms in total. The van der Waals surface area contributed by atoms with E-state index in [9.17, 15) is 14.7 Å². The first kappa shape index (κ1) is 24.9. The highest BCUT2D eigenvalue weighted by Crippen LogP contribution is 2.11. The molecule has 26 heavy (non-hydrogen) atoms. The summed E-state index contributed by atoms with van der Waals surface area (Å²) in [5.41, 5.74) is 0. The Bertz CT molecular complexity index is 331. The monoisotopic (exact) mass is 372 g/mol. The zero-order valence-corrected chi connectivity index (χ0v) is 17.3. The van der Waals surface area contributed by atoms with E-state index < -0.39 is 6.10 Å². The van der Waals surface area contributed by atoms with E-state index in [2.05, 4.69) is 27.7 Å². The molecule has 0 saturated carbocycles. The van der Waals surface area contributed by atoms with Crippen LogP contribution in [0.25, 0.3) is 0 Å². The van der Waals surface area contributed by atoms with E-state index in [0.29, 0.717) is 24.7 Å². The molecule has 0 amide bonds. The molecule has 0 rings (SSSR count). The van der Waals surface area contributed by atoms with E-state index in [4.69, 9.17) is 9.47 Å². The van der Waals surface area contributed by atoms with E-state index in [1.807, 2.05) is 0 Å². The minimum Gasteiger partial charge on any atom is -0.463 e. The van der Waals surface area contributed by atoms with Crippen molar-refractivity contribution in [3.8, 4) is 0 Å². The van der Waals surface area contributed by atoms with Gasteiger partial charge in [0.15, 0.2) is 0 Å². The third kappa shape index (κ3) is 17.7. The topological polar surface area (TPSA) is 72.8 Å². The molecule has 1 N–H and O–H groups in total. The van der Waals surface area contributed by atoms with Crippen molar-refractivity contribution in [1.82, 2.24) is 0 Å². The fourth-order valence-corrected chi connectivity index (χ4v) is 2.57. The molecule has 0 aromatic heterocycles. The fraction of sp³-hybridized carbons (Fsp3) is 0.905. The number of ether oxygens (including phenoxy) is 2. The number of hydrogen-bond acceptors (Lipinski definition) is 5. The van der Waals surface area contributed by atoms with Crippen LogP contribution in [0.2, 0.25) is 0 Å². The van der Waals surface area contributed by atoms with Gasteiger partial charge in [-0.05, 0) is 24.7 Å². The lowest BCUT2D eigenvalue weighted by Gasteiger charge is -2.12. The van der Waals surface area contributed by atoms with Crippen LogP contribution >= 0.6 is 0 Å². The molecule has 0 unspecified atom stereocenters. The summed E-state index contributed by atoms with van der Waals surface area (Å²) >= 11 is 0. The normalized spacial score (nSPS) is 11.4. The lowest BCUT2D eigenvalue weighted by molar-refractivity contribution is -0.152. The van der Waals surface area contributed by atoms with Crippen molar-refractivity contribution in [3.63, 3.8) is 0 Å². The van der Waals surface area contributed by atoms with E-state index >= 15 is 0 Å². The van der Waals surface area contributed by atoms with Gasteiger partial charge in [-0.1, -0.05) is 66.2 Å². The zero-order valence-electron chi connectivity index (χ0n) is 17.3. The average Bonchev–Trinajstić information content (AvgIpc) is 2.57. The van der Waals surface area contributed by atoms with Crippen LogP contribution in [0.15, 0.2) is 0 Å². The third-order valence-corrected chi connectivity index (χ3v) is 4.20. The van der Waals surface area contributed by atoms with Gasteiger partial charge < -0.3 is 14.6 Å². The Hall–Kier alpha value is -1.10. The second-order valence-electron chi connectivity index (χ2n) is 8.01. The molecule has 0 aromatic carbocycles. The lowest BCUT2D eigenvalue weighted by Crippen LogP contribution is -2.25. The molecule has 0 aliphatic carbocycles. The van der Waals surface area contributed by atoms with Crippen LogP contribution in [0.1, 0.15) is 91.9 Å². The highest BCUT2D eigenvalue weighted by atomic mass is 16.6. The van der Waals surface area contributed by atoms with Crippen LogP contribution < -0.4 is 0 Å². The van der Waals surface area contributed by atoms with Crippen molar-refractivity contribution in [1.29, 1.82) is 0 Å². The lowest BCUT2D eigenvalue weighted by atomic mass is 10.0. The van der Waals surface area contributed by atoms with Gasteiger partial charge in [-0.3, -0.25) is 9.59 Å². The SMILES string of the molecule is CC(C)CCCCCC(=O)OCC(O)COC(=O)CCCCCC(C)C. The molecular formula is C21H40O5. The van der Waals surface area contributed by atoms with Gasteiger partial charge in [0, 0.05) is 12.8 Å². The number of carbonyl (C=O) groups excluding carboxylic acids is 2. The van der Waals surface area contributed by atoms with Crippen molar-refractivity contribution in [3.05, 3.63) is 0 Å². The highest BCUT2D eigenvalue weighted by Gasteiger charge is 2.12. The predicted molar refractivity (Wildman–Crippen MR) is 104 cm³/mol. The van der Waals surface area contributed by atoms with E-state index in [0.717, 1.165) is 38.5 Å². The Kier molecular flexibility index (Phi) is 15.4. The molecule has 0 fully saturated rings. The van der Waals surface area contributed by atoms with E-state index in [1.165, 1.54) is 12.8 Å². The number of rotatable bonds is 16. The third-order valence-electron chi connectivity index (χ3n) is 4.20. The fourth-order valence-electron chi connectivity index (χ4n) is 2.57. The van der Waals surface area contributed by atoms with Crippen molar-refractivity contribution in [2.45, 2.75) is 98.0 Å². The number of unbranched alkanes of at least 4 members (excludes halogenated alkanes) is 4. The molecule has 5 heteroatoms. The van der Waals surface area contributed by atoms with Gasteiger partial charge >= 0.3 is 11.9 Å². The standard InChI is InChI=1S/C21H40O5/c1-17(2)11-7-5-9-13-20(23)25-15-19(22)16-26-21(24)14-10-6-8-12-18(3)4/h17-19,22H,5-16H2,1-4H3. The van der Waals surface area contributed by atoms with Gasteiger partial charge in [0.05, 0.1) is 0 Å². The van der Waals surface area contributed by atoms with Gasteiger partial charge in [0.25, 0.3) is 0 Å². The maximum Gasteiger partial charge on any atom is 0.305 e. The van der Waals surface area contributed by atoms with Crippen molar-refractivity contribution in [2.24, 2.45) is 11.8 Å². The first-order valence-electron chi connectivity index (χ1n) is 10.3. The summed E-state index contributed by atoms with van der Waals surface area (Å²) < 4.78 is 10.0. The number of aliphatic hydroxyl groups excluding tert-OH is 1. The first-order chi connectivity index (χ1) is 12.3. The summed E-state index contributed by atoms with van der Waals surface area (Å²) in [6, 6.07) is 0. The van der Waals surface area contributed by atoms with E-state index in [1.54, 1.807) is 0 Å². The minimum absolute atomic E-state index is 0.119. The Morgan fingerprint density at radius 2 is 1.08 bits per heavy atom. The van der Waals surface area contributed by atoms with Crippen LogP contribution in [0, 0.1) is 11.8 Å². The Balaban J connectivity index is 3.55. The van der Waals surface area contributed by atoms with Crippen LogP contribution in [0.3, 0.4) is 0 Å². The smallest absolute Gasteiger partial charge is 0.305 e. The number of hydrogen-bond donors (Lipinski definition) is 1.